The van der Waals surface area contributed by atoms with Crippen LogP contribution in [-0.2, 0) is 4.79 Å². The Hall–Kier alpha value is -0.570. The number of nitrogens with zero attached hydrogens (tertiary/aromatic N) is 1. The van der Waals surface area contributed by atoms with Crippen LogP contribution < -0.4 is 5.32 Å². The van der Waals surface area contributed by atoms with E-state index in [1.807, 2.05) is 4.90 Å². The molecule has 16 heavy (non-hydrogen) atoms. The second-order valence-corrected chi connectivity index (χ2v) is 5.55. The molecule has 0 radical (unpaired) electrons. The minimum absolute atomic E-state index is 0.256. The van der Waals surface area contributed by atoms with Gasteiger partial charge in [-0.3, -0.25) is 10.1 Å². The van der Waals surface area contributed by atoms with Gasteiger partial charge in [-0.1, -0.05) is 40.5 Å². The monoisotopic (exact) mass is 226 g/mol. The molecule has 0 aliphatic carbocycles. The van der Waals surface area contributed by atoms with Gasteiger partial charge in [-0.05, 0) is 18.3 Å². The number of hydrogen-bond donors (Lipinski definition) is 1. The number of unbranched alkanes of at least 4 members (excludes halogenated alkanes) is 1. The van der Waals surface area contributed by atoms with Crippen LogP contribution in [0, 0.1) is 11.8 Å². The fourth-order valence-electron chi connectivity index (χ4n) is 2.25. The van der Waals surface area contributed by atoms with Crippen LogP contribution in [-0.4, -0.2) is 30.1 Å². The normalized spacial score (nSPS) is 21.5. The maximum absolute atomic E-state index is 11.7. The first kappa shape index (κ1) is 13.5. The highest BCUT2D eigenvalue weighted by Gasteiger charge is 2.31. The Morgan fingerprint density at radius 3 is 2.56 bits per heavy atom. The Labute approximate surface area is 99.6 Å². The SMILES string of the molecule is CC(C)CCCCN1C(=O)CNC1C(C)C. The highest BCUT2D eigenvalue weighted by molar-refractivity contribution is 5.80. The zero-order valence-corrected chi connectivity index (χ0v) is 11.1. The van der Waals surface area contributed by atoms with Crippen LogP contribution in [0.1, 0.15) is 47.0 Å². The van der Waals surface area contributed by atoms with E-state index in [2.05, 4.69) is 33.0 Å². The van der Waals surface area contributed by atoms with Crippen molar-refractivity contribution in [3.63, 3.8) is 0 Å². The molecule has 3 nitrogen and oxygen atoms in total. The lowest BCUT2D eigenvalue weighted by Crippen LogP contribution is -2.41. The number of carbonyl (C=O) groups is 1. The van der Waals surface area contributed by atoms with E-state index in [-0.39, 0.29) is 12.1 Å². The first-order valence-corrected chi connectivity index (χ1v) is 6.55. The summed E-state index contributed by atoms with van der Waals surface area (Å²) in [5.74, 6) is 1.54. The van der Waals surface area contributed by atoms with E-state index >= 15 is 0 Å². The lowest BCUT2D eigenvalue weighted by atomic mass is 10.1. The summed E-state index contributed by atoms with van der Waals surface area (Å²) in [7, 11) is 0. The van der Waals surface area contributed by atoms with Crippen molar-refractivity contribution in [2.45, 2.75) is 53.1 Å². The predicted molar refractivity (Wildman–Crippen MR) is 67.0 cm³/mol. The molecular formula is C13H26N2O. The van der Waals surface area contributed by atoms with Gasteiger partial charge in [0, 0.05) is 6.54 Å². The van der Waals surface area contributed by atoms with Gasteiger partial charge >= 0.3 is 0 Å². The van der Waals surface area contributed by atoms with E-state index in [0.717, 1.165) is 18.9 Å². The van der Waals surface area contributed by atoms with Gasteiger partial charge < -0.3 is 4.90 Å². The Balaban J connectivity index is 2.30. The van der Waals surface area contributed by atoms with Crippen molar-refractivity contribution in [3.05, 3.63) is 0 Å². The molecule has 1 unspecified atom stereocenters. The lowest BCUT2D eigenvalue weighted by molar-refractivity contribution is -0.128. The summed E-state index contributed by atoms with van der Waals surface area (Å²) < 4.78 is 0. The average Bonchev–Trinajstić information content (AvgIpc) is 2.54. The van der Waals surface area contributed by atoms with Crippen molar-refractivity contribution >= 4 is 5.91 Å². The fourth-order valence-corrected chi connectivity index (χ4v) is 2.25. The Kier molecular flexibility index (Phi) is 5.26. The number of carbonyl (C=O) groups excluding carboxylic acids is 1. The van der Waals surface area contributed by atoms with Crippen LogP contribution in [0.5, 0.6) is 0 Å². The largest absolute Gasteiger partial charge is 0.326 e. The first-order valence-electron chi connectivity index (χ1n) is 6.55. The van der Waals surface area contributed by atoms with Gasteiger partial charge in [-0.2, -0.15) is 0 Å². The van der Waals surface area contributed by atoms with Gasteiger partial charge in [-0.25, -0.2) is 0 Å². The molecule has 1 aliphatic heterocycles. The molecular weight excluding hydrogens is 200 g/mol. The fraction of sp³-hybridized carbons (Fsp3) is 0.923. The lowest BCUT2D eigenvalue weighted by Gasteiger charge is -2.27. The third-order valence-electron chi connectivity index (χ3n) is 3.18. The summed E-state index contributed by atoms with van der Waals surface area (Å²) in [5.41, 5.74) is 0. The molecule has 1 saturated heterocycles. The van der Waals surface area contributed by atoms with Crippen molar-refractivity contribution < 1.29 is 4.79 Å². The van der Waals surface area contributed by atoms with Gasteiger partial charge in [0.1, 0.15) is 0 Å². The van der Waals surface area contributed by atoms with Crippen molar-refractivity contribution in [1.29, 1.82) is 0 Å². The first-order chi connectivity index (χ1) is 7.52. The molecule has 1 N–H and O–H groups in total. The molecule has 1 amide bonds. The quantitative estimate of drug-likeness (QED) is 0.704. The van der Waals surface area contributed by atoms with Gasteiger partial charge in [-0.15, -0.1) is 0 Å². The van der Waals surface area contributed by atoms with Crippen LogP contribution in [0.15, 0.2) is 0 Å². The molecule has 0 aromatic rings. The number of nitrogens with one attached hydrogen (secondary N) is 1. The highest BCUT2D eigenvalue weighted by atomic mass is 16.2. The minimum Gasteiger partial charge on any atom is -0.326 e. The van der Waals surface area contributed by atoms with Gasteiger partial charge in [0.05, 0.1) is 12.7 Å². The summed E-state index contributed by atoms with van der Waals surface area (Å²) in [6, 6.07) is 0. The van der Waals surface area contributed by atoms with Crippen LogP contribution in [0.4, 0.5) is 0 Å². The molecule has 0 aromatic heterocycles. The summed E-state index contributed by atoms with van der Waals surface area (Å²) in [6.07, 6.45) is 3.88. The number of hydrogen-bond acceptors (Lipinski definition) is 2. The maximum Gasteiger partial charge on any atom is 0.237 e. The average molecular weight is 226 g/mol. The molecule has 1 fully saturated rings. The molecule has 1 atom stereocenters. The molecule has 3 heteroatoms. The van der Waals surface area contributed by atoms with E-state index in [1.165, 1.54) is 12.8 Å². The van der Waals surface area contributed by atoms with E-state index in [1.54, 1.807) is 0 Å². The minimum atomic E-state index is 0.256. The molecule has 94 valence electrons. The van der Waals surface area contributed by atoms with E-state index in [9.17, 15) is 4.79 Å². The molecule has 0 spiro atoms. The van der Waals surface area contributed by atoms with Crippen molar-refractivity contribution in [2.24, 2.45) is 11.8 Å². The van der Waals surface area contributed by atoms with Gasteiger partial charge in [0.25, 0.3) is 0 Å². The van der Waals surface area contributed by atoms with E-state index < -0.39 is 0 Å². The van der Waals surface area contributed by atoms with Gasteiger partial charge in [0.2, 0.25) is 5.91 Å². The van der Waals surface area contributed by atoms with E-state index in [0.29, 0.717) is 12.5 Å². The zero-order chi connectivity index (χ0) is 12.1. The smallest absolute Gasteiger partial charge is 0.237 e. The van der Waals surface area contributed by atoms with Crippen LogP contribution >= 0.6 is 0 Å². The highest BCUT2D eigenvalue weighted by Crippen LogP contribution is 2.15. The van der Waals surface area contributed by atoms with Crippen molar-refractivity contribution in [2.75, 3.05) is 13.1 Å². The summed E-state index contributed by atoms with van der Waals surface area (Å²) in [6.45, 7) is 10.3. The summed E-state index contributed by atoms with van der Waals surface area (Å²) in [4.78, 5) is 13.7. The Morgan fingerprint density at radius 2 is 2.00 bits per heavy atom. The Morgan fingerprint density at radius 1 is 1.31 bits per heavy atom. The van der Waals surface area contributed by atoms with Crippen LogP contribution in [0.3, 0.4) is 0 Å². The molecule has 1 aliphatic rings. The number of amides is 1. The topological polar surface area (TPSA) is 32.3 Å². The second kappa shape index (κ2) is 6.24. The molecule has 0 aromatic carbocycles. The third-order valence-corrected chi connectivity index (χ3v) is 3.18. The third kappa shape index (κ3) is 3.78. The standard InChI is InChI=1S/C13H26N2O/c1-10(2)7-5-6-8-15-12(16)9-14-13(15)11(3)4/h10-11,13-14H,5-9H2,1-4H3. The predicted octanol–water partition coefficient (Wildman–Crippen LogP) is 2.23. The second-order valence-electron chi connectivity index (χ2n) is 5.55. The van der Waals surface area contributed by atoms with Crippen LogP contribution in [0.2, 0.25) is 0 Å². The summed E-state index contributed by atoms with van der Waals surface area (Å²) >= 11 is 0. The Bertz CT molecular complexity index is 226. The maximum atomic E-state index is 11.7. The molecule has 1 heterocycles. The number of rotatable bonds is 6. The molecule has 0 saturated carbocycles. The zero-order valence-electron chi connectivity index (χ0n) is 11.1. The molecule has 0 bridgehead atoms. The van der Waals surface area contributed by atoms with Crippen molar-refractivity contribution in [3.8, 4) is 0 Å². The van der Waals surface area contributed by atoms with Gasteiger partial charge in [0.15, 0.2) is 0 Å². The van der Waals surface area contributed by atoms with E-state index in [4.69, 9.17) is 0 Å². The van der Waals surface area contributed by atoms with Crippen LogP contribution in [0.25, 0.3) is 0 Å². The summed E-state index contributed by atoms with van der Waals surface area (Å²) in [5, 5.41) is 3.28. The molecule has 1 rings (SSSR count). The van der Waals surface area contributed by atoms with Crippen molar-refractivity contribution in [1.82, 2.24) is 10.2 Å².